The number of rotatable bonds is 5. The van der Waals surface area contributed by atoms with Crippen LogP contribution in [0.2, 0.25) is 5.02 Å². The molecule has 0 amide bonds. The molecule has 8 heteroatoms. The molecular weight excluding hydrogens is 375 g/mol. The molecule has 134 valence electrons. The lowest BCUT2D eigenvalue weighted by molar-refractivity contribution is -0.137. The van der Waals surface area contributed by atoms with E-state index in [4.69, 9.17) is 11.6 Å². The number of hydrogen-bond acceptors (Lipinski definition) is 2. The number of hydrogen-bond donors (Lipinski definition) is 0. The van der Waals surface area contributed by atoms with E-state index in [2.05, 4.69) is 0 Å². The first kappa shape index (κ1) is 18.2. The van der Waals surface area contributed by atoms with E-state index in [0.717, 1.165) is 17.7 Å². The molecule has 0 spiro atoms. The number of halogens is 4. The molecule has 1 fully saturated rings. The predicted octanol–water partition coefficient (Wildman–Crippen LogP) is 4.71. The van der Waals surface area contributed by atoms with Crippen LogP contribution in [0.15, 0.2) is 53.4 Å². The first-order valence-electron chi connectivity index (χ1n) is 7.62. The summed E-state index contributed by atoms with van der Waals surface area (Å²) < 4.78 is 66.1. The van der Waals surface area contributed by atoms with Gasteiger partial charge in [0.25, 0.3) is 0 Å². The number of alkyl halides is 3. The van der Waals surface area contributed by atoms with Gasteiger partial charge in [-0.1, -0.05) is 41.9 Å². The van der Waals surface area contributed by atoms with Crippen LogP contribution >= 0.6 is 11.6 Å². The number of benzene rings is 2. The van der Waals surface area contributed by atoms with Crippen molar-refractivity contribution in [1.29, 1.82) is 0 Å². The first-order chi connectivity index (χ1) is 11.7. The highest BCUT2D eigenvalue weighted by molar-refractivity contribution is 7.89. The van der Waals surface area contributed by atoms with E-state index in [1.165, 1.54) is 4.31 Å². The van der Waals surface area contributed by atoms with E-state index in [1.807, 2.05) is 6.07 Å². The maximum absolute atomic E-state index is 13.0. The minimum absolute atomic E-state index is 0.0976. The lowest BCUT2D eigenvalue weighted by atomic mass is 10.2. The Labute approximate surface area is 149 Å². The summed E-state index contributed by atoms with van der Waals surface area (Å²) in [5, 5.41) is -0.216. The van der Waals surface area contributed by atoms with E-state index in [9.17, 15) is 21.6 Å². The minimum atomic E-state index is -4.64. The Hall–Kier alpha value is -1.57. The molecule has 0 aromatic heterocycles. The van der Waals surface area contributed by atoms with Crippen LogP contribution in [0, 0.1) is 0 Å². The van der Waals surface area contributed by atoms with Crippen LogP contribution in [0.3, 0.4) is 0 Å². The van der Waals surface area contributed by atoms with E-state index in [0.29, 0.717) is 18.9 Å². The smallest absolute Gasteiger partial charge is 0.207 e. The van der Waals surface area contributed by atoms with Crippen LogP contribution in [-0.2, 0) is 22.7 Å². The molecule has 2 aromatic carbocycles. The molecule has 0 bridgehead atoms. The summed E-state index contributed by atoms with van der Waals surface area (Å²) in [4.78, 5) is -0.508. The van der Waals surface area contributed by atoms with Gasteiger partial charge in [-0.3, -0.25) is 0 Å². The standard InChI is InChI=1S/C17H15ClF3NO2S/c18-15-9-6-13(17(19,20)21)10-16(15)25(23,24)22(14-7-8-14)11-12-4-2-1-3-5-12/h1-6,9-10,14H,7-8,11H2. The third-order valence-electron chi connectivity index (χ3n) is 3.98. The van der Waals surface area contributed by atoms with Crippen LogP contribution in [0.1, 0.15) is 24.0 Å². The molecule has 1 aliphatic carbocycles. The largest absolute Gasteiger partial charge is 0.416 e. The molecule has 1 saturated carbocycles. The van der Waals surface area contributed by atoms with Gasteiger partial charge >= 0.3 is 6.18 Å². The van der Waals surface area contributed by atoms with Gasteiger partial charge in [-0.25, -0.2) is 8.42 Å². The van der Waals surface area contributed by atoms with Gasteiger partial charge in [-0.2, -0.15) is 17.5 Å². The molecular formula is C17H15ClF3NO2S. The van der Waals surface area contributed by atoms with Crippen molar-refractivity contribution in [2.75, 3.05) is 0 Å². The highest BCUT2D eigenvalue weighted by Crippen LogP contribution is 2.38. The van der Waals surface area contributed by atoms with E-state index >= 15 is 0 Å². The molecule has 0 heterocycles. The molecule has 1 aliphatic rings. The van der Waals surface area contributed by atoms with Crippen molar-refractivity contribution in [2.24, 2.45) is 0 Å². The predicted molar refractivity (Wildman–Crippen MR) is 88.6 cm³/mol. The normalized spacial score (nSPS) is 15.6. The summed E-state index contributed by atoms with van der Waals surface area (Å²) >= 11 is 5.93. The topological polar surface area (TPSA) is 37.4 Å². The monoisotopic (exact) mass is 389 g/mol. The summed E-state index contributed by atoms with van der Waals surface area (Å²) in [6.45, 7) is 0.0976. The zero-order valence-corrected chi connectivity index (χ0v) is 14.6. The molecule has 3 rings (SSSR count). The second kappa shape index (κ2) is 6.63. The van der Waals surface area contributed by atoms with Crippen LogP contribution in [-0.4, -0.2) is 18.8 Å². The molecule has 0 atom stereocenters. The highest BCUT2D eigenvalue weighted by atomic mass is 35.5. The molecule has 25 heavy (non-hydrogen) atoms. The highest BCUT2D eigenvalue weighted by Gasteiger charge is 2.40. The van der Waals surface area contributed by atoms with Gasteiger partial charge < -0.3 is 0 Å². The SMILES string of the molecule is O=S(=O)(c1cc(C(F)(F)F)ccc1Cl)N(Cc1ccccc1)C1CC1. The summed E-state index contributed by atoms with van der Waals surface area (Å²) in [7, 11) is -4.15. The Morgan fingerprint density at radius 2 is 1.72 bits per heavy atom. The Kier molecular flexibility index (Phi) is 4.83. The second-order valence-electron chi connectivity index (χ2n) is 5.91. The van der Waals surface area contributed by atoms with Gasteiger partial charge in [0, 0.05) is 12.6 Å². The van der Waals surface area contributed by atoms with Crippen LogP contribution < -0.4 is 0 Å². The molecule has 3 nitrogen and oxygen atoms in total. The second-order valence-corrected chi connectivity index (χ2v) is 8.18. The Bertz CT molecular complexity index is 865. The van der Waals surface area contributed by atoms with Crippen molar-refractivity contribution >= 4 is 21.6 Å². The molecule has 0 saturated heterocycles. The van der Waals surface area contributed by atoms with Crippen molar-refractivity contribution in [1.82, 2.24) is 4.31 Å². The summed E-state index contributed by atoms with van der Waals surface area (Å²) in [5.41, 5.74) is -0.271. The van der Waals surface area contributed by atoms with Crippen molar-refractivity contribution in [2.45, 2.75) is 36.5 Å². The fourth-order valence-corrected chi connectivity index (χ4v) is 4.72. The quantitative estimate of drug-likeness (QED) is 0.742. The Morgan fingerprint density at radius 3 is 2.28 bits per heavy atom. The molecule has 2 aromatic rings. The van der Waals surface area contributed by atoms with Gasteiger partial charge in [-0.15, -0.1) is 0 Å². The maximum atomic E-state index is 13.0. The Morgan fingerprint density at radius 1 is 1.08 bits per heavy atom. The molecule has 0 N–H and O–H groups in total. The van der Waals surface area contributed by atoms with Crippen LogP contribution in [0.4, 0.5) is 13.2 Å². The third kappa shape index (κ3) is 3.99. The fraction of sp³-hybridized carbons (Fsp3) is 0.294. The zero-order valence-electron chi connectivity index (χ0n) is 13.0. The average Bonchev–Trinajstić information content (AvgIpc) is 3.37. The summed E-state index contributed by atoms with van der Waals surface area (Å²) in [6, 6.07) is 11.1. The average molecular weight is 390 g/mol. The number of sulfonamides is 1. The molecule has 0 radical (unpaired) electrons. The van der Waals surface area contributed by atoms with Crippen LogP contribution in [0.25, 0.3) is 0 Å². The molecule has 0 unspecified atom stereocenters. The van der Waals surface area contributed by atoms with Gasteiger partial charge in [-0.05, 0) is 36.6 Å². The van der Waals surface area contributed by atoms with Crippen molar-refractivity contribution in [3.8, 4) is 0 Å². The zero-order chi connectivity index (χ0) is 18.2. The van der Waals surface area contributed by atoms with Gasteiger partial charge in [0.1, 0.15) is 4.90 Å². The lowest BCUT2D eigenvalue weighted by Gasteiger charge is -2.23. The van der Waals surface area contributed by atoms with E-state index in [1.54, 1.807) is 24.3 Å². The summed E-state index contributed by atoms with van der Waals surface area (Å²) in [5.74, 6) is 0. The van der Waals surface area contributed by atoms with Crippen molar-refractivity contribution < 1.29 is 21.6 Å². The number of nitrogens with zero attached hydrogens (tertiary/aromatic N) is 1. The van der Waals surface area contributed by atoms with Crippen molar-refractivity contribution in [3.63, 3.8) is 0 Å². The van der Waals surface area contributed by atoms with E-state index < -0.39 is 26.7 Å². The van der Waals surface area contributed by atoms with Gasteiger partial charge in [0.15, 0.2) is 0 Å². The van der Waals surface area contributed by atoms with Crippen LogP contribution in [0.5, 0.6) is 0 Å². The van der Waals surface area contributed by atoms with Gasteiger partial charge in [0.05, 0.1) is 10.6 Å². The molecule has 0 aliphatic heterocycles. The van der Waals surface area contributed by atoms with Gasteiger partial charge in [0.2, 0.25) is 10.0 Å². The minimum Gasteiger partial charge on any atom is -0.207 e. The Balaban J connectivity index is 2.01. The van der Waals surface area contributed by atoms with Crippen molar-refractivity contribution in [3.05, 3.63) is 64.7 Å². The maximum Gasteiger partial charge on any atom is 0.416 e. The summed E-state index contributed by atoms with van der Waals surface area (Å²) in [6.07, 6.45) is -3.27. The lowest BCUT2D eigenvalue weighted by Crippen LogP contribution is -2.33. The first-order valence-corrected chi connectivity index (χ1v) is 9.44. The third-order valence-corrected chi connectivity index (χ3v) is 6.36. The fourth-order valence-electron chi connectivity index (χ4n) is 2.54. The van der Waals surface area contributed by atoms with E-state index in [-0.39, 0.29) is 17.6 Å².